The number of hydrogen-bond donors (Lipinski definition) is 0. The lowest BCUT2D eigenvalue weighted by molar-refractivity contribution is 0.841. The molecular weight excluding hydrogens is 105 g/mol. The Morgan fingerprint density at radius 2 is 2.62 bits per heavy atom. The van der Waals surface area contributed by atoms with Crippen LogP contribution in [0, 0.1) is 11.2 Å². The summed E-state index contributed by atoms with van der Waals surface area (Å²) < 4.78 is 1.22. The number of nitriles is 1. The molecule has 1 heterocycles. The van der Waals surface area contributed by atoms with E-state index in [-0.39, 0.29) is 0 Å². The van der Waals surface area contributed by atoms with Crippen molar-refractivity contribution < 1.29 is 0 Å². The Kier molecular flexibility index (Phi) is 1.24. The molecule has 2 radical (unpaired) electrons. The first-order chi connectivity index (χ1) is 3.93. The zero-order valence-corrected chi connectivity index (χ0v) is 3.89. The molecular formula is C2HBN5-. The maximum Gasteiger partial charge on any atom is 0.0919 e. The van der Waals surface area contributed by atoms with E-state index in [1.165, 1.54) is 18.3 Å². The normalized spacial score (nSPS) is 8.38. The number of tetrazole rings is 1. The molecule has 1 aromatic rings. The molecule has 5 nitrogen and oxygen atoms in total. The Bertz CT molecular complexity index is 185. The summed E-state index contributed by atoms with van der Waals surface area (Å²) in [6, 6.07) is 0. The molecule has 6 heteroatoms. The van der Waals surface area contributed by atoms with Gasteiger partial charge in [-0.25, -0.2) is 5.97 Å². The zero-order chi connectivity index (χ0) is 5.82. The fraction of sp³-hybridized carbons (Fsp3) is 0. The Labute approximate surface area is 46.2 Å². The quantitative estimate of drug-likeness (QED) is 0.413. The van der Waals surface area contributed by atoms with E-state index < -0.39 is 0 Å². The van der Waals surface area contributed by atoms with Crippen LogP contribution in [0.2, 0.25) is 0 Å². The molecule has 0 aliphatic heterocycles. The lowest BCUT2D eigenvalue weighted by atomic mass is 10.0. The SMILES string of the molecule is N#C[B-]n1cnnn1. The van der Waals surface area contributed by atoms with Crippen LogP contribution >= 0.6 is 0 Å². The van der Waals surface area contributed by atoms with E-state index in [9.17, 15) is 0 Å². The van der Waals surface area contributed by atoms with Gasteiger partial charge in [0.25, 0.3) is 0 Å². The molecule has 0 saturated carbocycles. The van der Waals surface area contributed by atoms with Crippen LogP contribution in [0.3, 0.4) is 0 Å². The smallest absolute Gasteiger partial charge is 0.0919 e. The van der Waals surface area contributed by atoms with Crippen LogP contribution in [0.1, 0.15) is 0 Å². The minimum Gasteiger partial charge on any atom is -0.462 e. The van der Waals surface area contributed by atoms with Crippen LogP contribution in [-0.4, -0.2) is 27.5 Å². The third kappa shape index (κ3) is 0.817. The highest BCUT2D eigenvalue weighted by molar-refractivity contribution is 6.42. The summed E-state index contributed by atoms with van der Waals surface area (Å²) in [7, 11) is 1.19. The second-order valence-corrected chi connectivity index (χ2v) is 1.05. The molecule has 0 atom stereocenters. The lowest BCUT2D eigenvalue weighted by Crippen LogP contribution is -2.03. The van der Waals surface area contributed by atoms with Gasteiger partial charge in [-0.1, -0.05) is 5.21 Å². The van der Waals surface area contributed by atoms with Gasteiger partial charge in [0.1, 0.15) is 0 Å². The van der Waals surface area contributed by atoms with Crippen molar-refractivity contribution in [1.29, 1.82) is 5.26 Å². The molecule has 1 rings (SSSR count). The van der Waals surface area contributed by atoms with Crippen LogP contribution in [0.25, 0.3) is 0 Å². The van der Waals surface area contributed by atoms with Crippen molar-refractivity contribution in [3.05, 3.63) is 6.33 Å². The number of rotatable bonds is 1. The van der Waals surface area contributed by atoms with Crippen LogP contribution < -0.4 is 0 Å². The minimum absolute atomic E-state index is 1.19. The number of aromatic nitrogens is 4. The maximum absolute atomic E-state index is 8.02. The molecule has 8 heavy (non-hydrogen) atoms. The molecule has 0 N–H and O–H groups in total. The third-order valence-corrected chi connectivity index (χ3v) is 0.555. The van der Waals surface area contributed by atoms with Gasteiger partial charge in [0.15, 0.2) is 0 Å². The standard InChI is InChI=1S/C2HBN5/c4-1-3-8-2-5-6-7-8/h2H/q-1. The predicted octanol–water partition coefficient (Wildman–Crippen LogP) is -1.38. The Hall–Kier alpha value is -1.38. The molecule has 0 amide bonds. The molecule has 0 aliphatic rings. The van der Waals surface area contributed by atoms with Crippen LogP contribution in [0.5, 0.6) is 0 Å². The van der Waals surface area contributed by atoms with Crippen LogP contribution in [-0.2, 0) is 0 Å². The highest BCUT2D eigenvalue weighted by Crippen LogP contribution is 1.64. The highest BCUT2D eigenvalue weighted by atomic mass is 15.5. The summed E-state index contributed by atoms with van der Waals surface area (Å²) in [6.07, 6.45) is 1.34. The molecule has 1 aromatic heterocycles. The predicted molar refractivity (Wildman–Crippen MR) is 24.6 cm³/mol. The first-order valence-electron chi connectivity index (χ1n) is 1.89. The number of hydrogen-bond acceptors (Lipinski definition) is 4. The summed E-state index contributed by atoms with van der Waals surface area (Å²) >= 11 is 0. The molecule has 0 unspecified atom stereocenters. The Morgan fingerprint density at radius 1 is 1.75 bits per heavy atom. The first-order valence-corrected chi connectivity index (χ1v) is 1.89. The van der Waals surface area contributed by atoms with E-state index in [1.807, 2.05) is 0 Å². The van der Waals surface area contributed by atoms with E-state index in [2.05, 4.69) is 15.5 Å². The second-order valence-electron chi connectivity index (χ2n) is 1.05. The monoisotopic (exact) mass is 106 g/mol. The van der Waals surface area contributed by atoms with Gasteiger partial charge in [0, 0.05) is 0 Å². The van der Waals surface area contributed by atoms with Crippen LogP contribution in [0.4, 0.5) is 0 Å². The summed E-state index contributed by atoms with van der Waals surface area (Å²) in [5.74, 6) is 1.77. The summed E-state index contributed by atoms with van der Waals surface area (Å²) in [6.45, 7) is 0. The first kappa shape index (κ1) is 4.78. The average Bonchev–Trinajstić information content (AvgIpc) is 2.19. The Morgan fingerprint density at radius 3 is 3.12 bits per heavy atom. The Balaban J connectivity index is 2.67. The van der Waals surface area contributed by atoms with Crippen molar-refractivity contribution in [2.24, 2.45) is 0 Å². The van der Waals surface area contributed by atoms with Crippen molar-refractivity contribution in [2.75, 3.05) is 0 Å². The summed E-state index contributed by atoms with van der Waals surface area (Å²) in [4.78, 5) is 0. The van der Waals surface area contributed by atoms with Gasteiger partial charge in [0.2, 0.25) is 0 Å². The van der Waals surface area contributed by atoms with Crippen molar-refractivity contribution >= 4 is 7.41 Å². The fourth-order valence-corrected chi connectivity index (χ4v) is 0.287. The average molecular weight is 106 g/mol. The number of nitrogens with zero attached hydrogens (tertiary/aromatic N) is 5. The van der Waals surface area contributed by atoms with E-state index in [4.69, 9.17) is 5.26 Å². The van der Waals surface area contributed by atoms with Crippen molar-refractivity contribution in [3.63, 3.8) is 0 Å². The largest absolute Gasteiger partial charge is 0.462 e. The maximum atomic E-state index is 8.02. The summed E-state index contributed by atoms with van der Waals surface area (Å²) in [5, 5.41) is 18.0. The van der Waals surface area contributed by atoms with Gasteiger partial charge in [-0.3, -0.25) is 5.26 Å². The van der Waals surface area contributed by atoms with E-state index >= 15 is 0 Å². The van der Waals surface area contributed by atoms with E-state index in [0.29, 0.717) is 0 Å². The van der Waals surface area contributed by atoms with E-state index in [0.717, 1.165) is 0 Å². The van der Waals surface area contributed by atoms with Crippen molar-refractivity contribution in [3.8, 4) is 5.97 Å². The van der Waals surface area contributed by atoms with Gasteiger partial charge in [-0.2, -0.15) is 0 Å². The fourth-order valence-electron chi connectivity index (χ4n) is 0.287. The van der Waals surface area contributed by atoms with Gasteiger partial charge in [-0.05, 0) is 12.6 Å². The van der Waals surface area contributed by atoms with Gasteiger partial charge in [0.05, 0.1) is 6.33 Å². The minimum atomic E-state index is 1.19. The highest BCUT2D eigenvalue weighted by Gasteiger charge is 1.71. The van der Waals surface area contributed by atoms with Crippen LogP contribution in [0.15, 0.2) is 6.33 Å². The molecule has 0 fully saturated rings. The molecule has 0 saturated heterocycles. The van der Waals surface area contributed by atoms with Crippen molar-refractivity contribution in [2.45, 2.75) is 0 Å². The lowest BCUT2D eigenvalue weighted by Gasteiger charge is -1.98. The second kappa shape index (κ2) is 2.07. The molecule has 0 aromatic carbocycles. The molecule has 0 aliphatic carbocycles. The molecule has 0 spiro atoms. The zero-order valence-electron chi connectivity index (χ0n) is 3.89. The van der Waals surface area contributed by atoms with Gasteiger partial charge >= 0.3 is 0 Å². The van der Waals surface area contributed by atoms with Gasteiger partial charge < -0.3 is 4.59 Å². The van der Waals surface area contributed by atoms with Gasteiger partial charge in [-0.15, -0.1) is 5.10 Å². The summed E-state index contributed by atoms with van der Waals surface area (Å²) in [5.41, 5.74) is 0. The van der Waals surface area contributed by atoms with Crippen molar-refractivity contribution in [1.82, 2.24) is 20.1 Å². The third-order valence-electron chi connectivity index (χ3n) is 0.555. The van der Waals surface area contributed by atoms with E-state index in [1.54, 1.807) is 5.97 Å². The molecule has 38 valence electrons. The molecule has 0 bridgehead atoms. The topological polar surface area (TPSA) is 67.4 Å².